The molecule has 4 aromatic carbocycles. The predicted molar refractivity (Wildman–Crippen MR) is 184 cm³/mol. The summed E-state index contributed by atoms with van der Waals surface area (Å²) in [6.45, 7) is 10.8. The molecule has 53 heavy (non-hydrogen) atoms. The number of alkyl halides is 12. The summed E-state index contributed by atoms with van der Waals surface area (Å²) >= 11 is 0. The molecule has 0 aromatic heterocycles. The van der Waals surface area contributed by atoms with E-state index in [1.807, 2.05) is 41.5 Å². The summed E-state index contributed by atoms with van der Waals surface area (Å²) in [4.78, 5) is 0. The molecule has 15 heteroatoms. The minimum absolute atomic E-state index is 0.132. The maximum absolute atomic E-state index is 14.5. The molecular weight excluding hydrogens is 742 g/mol. The molecule has 1 aliphatic rings. The quantitative estimate of drug-likeness (QED) is 0.114. The highest BCUT2D eigenvalue weighted by Gasteiger charge is 2.77. The first-order valence-corrected chi connectivity index (χ1v) is 18.4. The van der Waals surface area contributed by atoms with Gasteiger partial charge in [-0.2, -0.15) is 63.6 Å². The minimum atomic E-state index is -5.40. The van der Waals surface area contributed by atoms with Crippen LogP contribution in [0.4, 0.5) is 52.7 Å². The van der Waals surface area contributed by atoms with Gasteiger partial charge < -0.3 is 4.65 Å². The Balaban J connectivity index is 2.13. The molecule has 0 amide bonds. The normalized spacial score (nSPS) is 17.9. The second-order valence-corrected chi connectivity index (χ2v) is 20.8. The molecule has 1 saturated heterocycles. The summed E-state index contributed by atoms with van der Waals surface area (Å²) in [6.07, 6.45) is -25.4. The van der Waals surface area contributed by atoms with Gasteiger partial charge >= 0.3 is 24.7 Å². The van der Waals surface area contributed by atoms with Crippen molar-refractivity contribution < 1.29 is 57.3 Å². The second-order valence-electron chi connectivity index (χ2n) is 15.5. The lowest BCUT2D eigenvalue weighted by Gasteiger charge is -2.56. The summed E-state index contributed by atoms with van der Waals surface area (Å²) < 4.78 is 181. The Labute approximate surface area is 300 Å². The predicted octanol–water partition coefficient (Wildman–Crippen LogP) is 11.9. The third-order valence-corrected chi connectivity index (χ3v) is 17.7. The van der Waals surface area contributed by atoms with Crippen LogP contribution in [-0.2, 0) is 34.7 Å². The van der Waals surface area contributed by atoms with Crippen molar-refractivity contribution in [1.29, 1.82) is 0 Å². The molecular formula is C38H36BF12OP. The van der Waals surface area contributed by atoms with Crippen molar-refractivity contribution in [3.63, 3.8) is 0 Å². The second kappa shape index (κ2) is 12.8. The van der Waals surface area contributed by atoms with Crippen LogP contribution < -0.4 is 10.9 Å². The molecule has 5 rings (SSSR count). The van der Waals surface area contributed by atoms with Crippen molar-refractivity contribution in [1.82, 2.24) is 0 Å². The Hall–Kier alpha value is -3.51. The van der Waals surface area contributed by atoms with Gasteiger partial charge in [-0.1, -0.05) is 84.9 Å². The number of halogens is 12. The summed E-state index contributed by atoms with van der Waals surface area (Å²) in [5, 5.41) is -3.70. The van der Waals surface area contributed by atoms with E-state index in [1.165, 1.54) is 0 Å². The SMILES string of the molecule is CC(C)(C)[P+]1(C(C)(C)C)C[B-](c2cc(C(F)(F)F)cc(C(F)(F)F)c2)(c2cc(C(F)(F)F)cc(C(F)(F)F)c2)OC1(c1ccccc1)c1ccccc1. The smallest absolute Gasteiger partial charge is 0.416 e. The van der Waals surface area contributed by atoms with E-state index in [4.69, 9.17) is 4.65 Å². The van der Waals surface area contributed by atoms with Crippen LogP contribution in [0, 0.1) is 0 Å². The first-order valence-electron chi connectivity index (χ1n) is 16.5. The van der Waals surface area contributed by atoms with Gasteiger partial charge in [-0.15, -0.1) is 0 Å². The van der Waals surface area contributed by atoms with Crippen molar-refractivity contribution in [2.45, 2.75) is 81.9 Å². The van der Waals surface area contributed by atoms with Gasteiger partial charge in [0.1, 0.15) is 0 Å². The Morgan fingerprint density at radius 2 is 0.755 bits per heavy atom. The number of hydrogen-bond donors (Lipinski definition) is 0. The van der Waals surface area contributed by atoms with Crippen molar-refractivity contribution in [2.75, 3.05) is 6.06 Å². The van der Waals surface area contributed by atoms with Gasteiger partial charge in [0.15, 0.2) is 5.34 Å². The van der Waals surface area contributed by atoms with Crippen molar-refractivity contribution in [3.05, 3.63) is 130 Å². The van der Waals surface area contributed by atoms with E-state index in [0.717, 1.165) is 0 Å². The molecule has 0 radical (unpaired) electrons. The molecule has 1 fully saturated rings. The largest absolute Gasteiger partial charge is 0.539 e. The van der Waals surface area contributed by atoms with Crippen molar-refractivity contribution in [3.8, 4) is 0 Å². The van der Waals surface area contributed by atoms with E-state index in [2.05, 4.69) is 0 Å². The van der Waals surface area contributed by atoms with E-state index >= 15 is 0 Å². The molecule has 1 nitrogen and oxygen atoms in total. The zero-order chi connectivity index (χ0) is 39.8. The first kappa shape index (κ1) is 40.7. The molecule has 0 bridgehead atoms. The highest BCUT2D eigenvalue weighted by atomic mass is 31.2. The Morgan fingerprint density at radius 1 is 0.472 bits per heavy atom. The van der Waals surface area contributed by atoms with Crippen molar-refractivity contribution >= 4 is 24.5 Å². The molecule has 0 spiro atoms. The number of benzene rings is 4. The average Bonchev–Trinajstić information content (AvgIpc) is 3.40. The Bertz CT molecular complexity index is 1760. The standard InChI is InChI=1S/C38H36BF12OP/c1-32(2,3)53(33(4,5)6)23-39(30-19-26(35(40,41)42)17-27(20-30)36(43,44)45,31-21-28(37(46,47)48)18-29(22-31)38(49,50)51)52-34(53,24-13-9-7-10-14-24)25-15-11-8-12-16-25/h7-22H,23H2,1-6H3. The van der Waals surface area contributed by atoms with Crippen LogP contribution >= 0.6 is 7.26 Å². The molecule has 0 N–H and O–H groups in total. The average molecular weight is 778 g/mol. The number of hydrogen-bond acceptors (Lipinski definition) is 1. The van der Waals surface area contributed by atoms with Crippen LogP contribution in [0.25, 0.3) is 0 Å². The molecule has 1 aliphatic heterocycles. The lowest BCUT2D eigenvalue weighted by Crippen LogP contribution is -2.63. The fourth-order valence-corrected chi connectivity index (χ4v) is 16.6. The summed E-state index contributed by atoms with van der Waals surface area (Å²) in [5.41, 5.74) is -8.04. The third-order valence-electron chi connectivity index (χ3n) is 10.4. The van der Waals surface area contributed by atoms with Crippen molar-refractivity contribution in [2.24, 2.45) is 0 Å². The van der Waals surface area contributed by atoms with Gasteiger partial charge in [0.2, 0.25) is 6.35 Å². The van der Waals surface area contributed by atoms with Gasteiger partial charge in [-0.25, -0.2) is 0 Å². The van der Waals surface area contributed by atoms with Gasteiger partial charge in [-0.05, 0) is 59.7 Å². The molecule has 286 valence electrons. The van der Waals surface area contributed by atoms with Gasteiger partial charge in [0.05, 0.1) is 32.6 Å². The van der Waals surface area contributed by atoms with Crippen LogP contribution in [-0.4, -0.2) is 22.7 Å². The first-order chi connectivity index (χ1) is 24.0. The van der Waals surface area contributed by atoms with Gasteiger partial charge in [-0.3, -0.25) is 0 Å². The topological polar surface area (TPSA) is 9.23 Å². The highest BCUT2D eigenvalue weighted by Crippen LogP contribution is 2.91. The van der Waals surface area contributed by atoms with Gasteiger partial charge in [0.25, 0.3) is 0 Å². The third kappa shape index (κ3) is 6.87. The van der Waals surface area contributed by atoms with Crippen LogP contribution in [0.15, 0.2) is 97.1 Å². The monoisotopic (exact) mass is 778 g/mol. The molecule has 1 heterocycles. The fraction of sp³-hybridized carbons (Fsp3) is 0.368. The van der Waals surface area contributed by atoms with Gasteiger partial charge in [0, 0.05) is 18.4 Å². The molecule has 0 saturated carbocycles. The maximum Gasteiger partial charge on any atom is 0.416 e. The van der Waals surface area contributed by atoms with E-state index in [0.29, 0.717) is 35.4 Å². The van der Waals surface area contributed by atoms with E-state index in [1.54, 1.807) is 60.7 Å². The Morgan fingerprint density at radius 3 is 1.00 bits per heavy atom. The maximum atomic E-state index is 14.5. The zero-order valence-electron chi connectivity index (χ0n) is 29.4. The molecule has 0 atom stereocenters. The minimum Gasteiger partial charge on any atom is -0.539 e. The molecule has 0 aliphatic carbocycles. The van der Waals surface area contributed by atoms with Crippen LogP contribution in [0.5, 0.6) is 0 Å². The van der Waals surface area contributed by atoms with E-state index in [-0.39, 0.29) is 12.1 Å². The van der Waals surface area contributed by atoms with E-state index in [9.17, 15) is 52.7 Å². The number of rotatable bonds is 4. The fourth-order valence-electron chi connectivity index (χ4n) is 8.54. The zero-order valence-corrected chi connectivity index (χ0v) is 30.3. The summed E-state index contributed by atoms with van der Waals surface area (Å²) in [6, 6.07) is 17.2. The van der Waals surface area contributed by atoms with Crippen LogP contribution in [0.1, 0.15) is 74.9 Å². The molecule has 4 aromatic rings. The van der Waals surface area contributed by atoms with Crippen LogP contribution in [0.3, 0.4) is 0 Å². The Kier molecular flexibility index (Phi) is 9.81. The summed E-state index contributed by atoms with van der Waals surface area (Å²) in [5.74, 6) is 0. The highest BCUT2D eigenvalue weighted by molar-refractivity contribution is 7.83. The van der Waals surface area contributed by atoms with Crippen LogP contribution in [0.2, 0.25) is 0 Å². The lowest BCUT2D eigenvalue weighted by molar-refractivity contribution is -0.144. The summed E-state index contributed by atoms with van der Waals surface area (Å²) in [7, 11) is -3.39. The molecule has 0 unspecified atom stereocenters. The van der Waals surface area contributed by atoms with E-state index < -0.39 is 93.2 Å². The lowest BCUT2D eigenvalue weighted by atomic mass is 9.33.